The molecule has 1 aliphatic carbocycles. The molecule has 252 valence electrons. The molecule has 2 aliphatic heterocycles. The van der Waals surface area contributed by atoms with Crippen LogP contribution in [0.3, 0.4) is 0 Å². The summed E-state index contributed by atoms with van der Waals surface area (Å²) >= 11 is 1.48. The number of fused-ring (bicyclic) bond motifs is 5. The van der Waals surface area contributed by atoms with Gasteiger partial charge in [0.1, 0.15) is 11.6 Å². The lowest BCUT2D eigenvalue weighted by molar-refractivity contribution is 0.0776. The van der Waals surface area contributed by atoms with Gasteiger partial charge in [0.25, 0.3) is 11.8 Å². The summed E-state index contributed by atoms with van der Waals surface area (Å²) in [5.74, 6) is -0.523. The lowest BCUT2D eigenvalue weighted by Crippen LogP contribution is -2.22. The molecule has 4 aromatic heterocycles. The Labute approximate surface area is 288 Å². The topological polar surface area (TPSA) is 126 Å². The maximum absolute atomic E-state index is 14.5. The number of anilines is 1. The van der Waals surface area contributed by atoms with Crippen LogP contribution in [0.4, 0.5) is 14.6 Å². The molecule has 3 aliphatic rings. The van der Waals surface area contributed by atoms with Crippen molar-refractivity contribution in [1.29, 1.82) is 0 Å². The van der Waals surface area contributed by atoms with E-state index in [4.69, 9.17) is 19.1 Å². The summed E-state index contributed by atoms with van der Waals surface area (Å²) in [6.45, 7) is 0.638. The smallest absolute Gasteiger partial charge is 0.434 e. The zero-order valence-corrected chi connectivity index (χ0v) is 27.7. The van der Waals surface area contributed by atoms with Crippen molar-refractivity contribution >= 4 is 33.1 Å². The summed E-state index contributed by atoms with van der Waals surface area (Å²) in [6, 6.07) is 13.3. The van der Waals surface area contributed by atoms with Crippen molar-refractivity contribution in [3.8, 4) is 27.6 Å². The molecular formula is C37H30F2N6O4S. The first-order valence-corrected chi connectivity index (χ1v) is 17.4. The van der Waals surface area contributed by atoms with Gasteiger partial charge >= 0.3 is 5.76 Å². The number of halogens is 2. The number of methoxy groups -OCH3 is 1. The van der Waals surface area contributed by atoms with E-state index in [1.807, 2.05) is 17.0 Å². The van der Waals surface area contributed by atoms with Gasteiger partial charge in [0, 0.05) is 28.7 Å². The Bertz CT molecular complexity index is 2390. The van der Waals surface area contributed by atoms with E-state index < -0.39 is 5.76 Å². The lowest BCUT2D eigenvalue weighted by atomic mass is 9.93. The molecule has 0 spiro atoms. The minimum atomic E-state index is -0.719. The van der Waals surface area contributed by atoms with Crippen molar-refractivity contribution in [3.63, 3.8) is 0 Å². The summed E-state index contributed by atoms with van der Waals surface area (Å²) in [5.41, 5.74) is 5.69. The fourth-order valence-electron chi connectivity index (χ4n) is 7.83. The van der Waals surface area contributed by atoms with Gasteiger partial charge in [-0.1, -0.05) is 18.2 Å². The van der Waals surface area contributed by atoms with Crippen LogP contribution in [0, 0.1) is 11.6 Å². The minimum Gasteiger partial charge on any atom is -0.493 e. The van der Waals surface area contributed by atoms with Crippen molar-refractivity contribution in [2.75, 3.05) is 19.0 Å². The molecular weight excluding hydrogens is 663 g/mol. The number of benzene rings is 2. The van der Waals surface area contributed by atoms with E-state index in [-0.39, 0.29) is 41.3 Å². The third-order valence-electron chi connectivity index (χ3n) is 10.1. The van der Waals surface area contributed by atoms with E-state index in [1.54, 1.807) is 24.4 Å². The molecule has 1 saturated heterocycles. The van der Waals surface area contributed by atoms with Gasteiger partial charge in [0.15, 0.2) is 11.6 Å². The number of H-pyrrole nitrogens is 1. The van der Waals surface area contributed by atoms with E-state index in [2.05, 4.69) is 15.5 Å². The Morgan fingerprint density at radius 1 is 1.06 bits per heavy atom. The summed E-state index contributed by atoms with van der Waals surface area (Å²) in [6.07, 6.45) is 5.82. The van der Waals surface area contributed by atoms with Gasteiger partial charge in [-0.15, -0.1) is 16.4 Å². The monoisotopic (exact) mass is 692 g/mol. The van der Waals surface area contributed by atoms with E-state index in [0.717, 1.165) is 56.6 Å². The standard InChI is InChI=1S/C37H30F2N6O4S/c1-48-32-22-10-13-24(21(22)9-11-23(32)39)42-34-33-19(14-15-40-34)17-27(50-33)29-28(35-43-44-37(47)49-35)25(12-6-18-4-7-20(38)8-5-18)41-31-26-3-2-16-45(26)36(46)30(29)31/h4-5,7-9,11,14-15,17,24,26H,2-3,6,10,12-13,16H2,1H3,(H,40,42)(H,44,47). The van der Waals surface area contributed by atoms with E-state index in [1.165, 1.54) is 36.6 Å². The van der Waals surface area contributed by atoms with Crippen LogP contribution in [-0.2, 0) is 19.3 Å². The first-order chi connectivity index (χ1) is 24.4. The molecule has 13 heteroatoms. The molecule has 2 unspecified atom stereocenters. The third-order valence-corrected chi connectivity index (χ3v) is 11.2. The average Bonchev–Trinajstić information content (AvgIpc) is 3.96. The predicted molar refractivity (Wildman–Crippen MR) is 183 cm³/mol. The van der Waals surface area contributed by atoms with Crippen LogP contribution in [0.25, 0.3) is 32.0 Å². The normalized spacial score (nSPS) is 17.7. The molecule has 0 radical (unpaired) electrons. The number of pyridine rings is 2. The molecule has 2 N–H and O–H groups in total. The van der Waals surface area contributed by atoms with Crippen molar-refractivity contribution in [2.24, 2.45) is 0 Å². The molecule has 6 heterocycles. The highest BCUT2D eigenvalue weighted by Gasteiger charge is 2.45. The molecule has 2 aromatic carbocycles. The first-order valence-electron chi connectivity index (χ1n) is 16.6. The summed E-state index contributed by atoms with van der Waals surface area (Å²) < 4.78 is 40.0. The quantitative estimate of drug-likeness (QED) is 0.172. The maximum Gasteiger partial charge on any atom is 0.434 e. The number of nitrogens with zero attached hydrogens (tertiary/aromatic N) is 4. The predicted octanol–water partition coefficient (Wildman–Crippen LogP) is 7.16. The minimum absolute atomic E-state index is 0.0481. The highest BCUT2D eigenvalue weighted by molar-refractivity contribution is 7.23. The van der Waals surface area contributed by atoms with Gasteiger partial charge in [-0.05, 0) is 85.4 Å². The second kappa shape index (κ2) is 11.9. The van der Waals surface area contributed by atoms with Crippen LogP contribution in [0.5, 0.6) is 5.75 Å². The Balaban J connectivity index is 1.20. The largest absolute Gasteiger partial charge is 0.493 e. The van der Waals surface area contributed by atoms with E-state index >= 15 is 0 Å². The fourth-order valence-corrected chi connectivity index (χ4v) is 8.99. The number of thiophene rings is 1. The van der Waals surface area contributed by atoms with Crippen molar-refractivity contribution < 1.29 is 22.7 Å². The number of aromatic amines is 1. The number of amides is 1. The molecule has 9 rings (SSSR count). The van der Waals surface area contributed by atoms with Crippen LogP contribution in [0.15, 0.2) is 63.9 Å². The van der Waals surface area contributed by atoms with E-state index in [9.17, 15) is 18.4 Å². The number of rotatable bonds is 8. The van der Waals surface area contributed by atoms with E-state index in [0.29, 0.717) is 54.0 Å². The number of aromatic nitrogens is 4. The highest BCUT2D eigenvalue weighted by Crippen LogP contribution is 2.50. The number of hydrogen-bond donors (Lipinski definition) is 2. The second-order valence-electron chi connectivity index (χ2n) is 12.8. The maximum atomic E-state index is 14.5. The van der Waals surface area contributed by atoms with Crippen LogP contribution in [0.2, 0.25) is 0 Å². The Kier molecular flexibility index (Phi) is 7.27. The molecule has 50 heavy (non-hydrogen) atoms. The Morgan fingerprint density at radius 2 is 1.92 bits per heavy atom. The van der Waals surface area contributed by atoms with Crippen LogP contribution in [-0.4, -0.2) is 44.6 Å². The molecule has 0 saturated carbocycles. The first kappa shape index (κ1) is 30.6. The second-order valence-corrected chi connectivity index (χ2v) is 13.9. The lowest BCUT2D eigenvalue weighted by Gasteiger charge is -2.16. The third kappa shape index (κ3) is 4.90. The highest BCUT2D eigenvalue weighted by atomic mass is 32.1. The fraction of sp³-hybridized carbons (Fsp3) is 0.270. The van der Waals surface area contributed by atoms with Crippen LogP contribution >= 0.6 is 11.3 Å². The molecule has 0 bridgehead atoms. The number of nitrogens with one attached hydrogen (secondary N) is 2. The Morgan fingerprint density at radius 3 is 2.72 bits per heavy atom. The number of carbonyl (C=O) groups is 1. The summed E-state index contributed by atoms with van der Waals surface area (Å²) in [5, 5.41) is 11.1. The molecule has 2 atom stereocenters. The van der Waals surface area contributed by atoms with Crippen LogP contribution < -0.4 is 15.8 Å². The molecule has 10 nitrogen and oxygen atoms in total. The van der Waals surface area contributed by atoms with Gasteiger partial charge < -0.3 is 19.4 Å². The summed E-state index contributed by atoms with van der Waals surface area (Å²) in [4.78, 5) is 39.0. The van der Waals surface area contributed by atoms with Gasteiger partial charge in [-0.2, -0.15) is 0 Å². The SMILES string of the molecule is COc1c(F)ccc2c1CCC2Nc1nccc2cc(-c3c4c(nc(CCc5ccc(F)cc5)c3-c3n[nH]c(=O)o3)C3CCCN3C4=O)sc12. The Hall–Kier alpha value is -5.43. The molecule has 1 amide bonds. The zero-order chi connectivity index (χ0) is 34.1. The number of ether oxygens (including phenoxy) is 1. The van der Waals surface area contributed by atoms with Gasteiger partial charge in [0.05, 0.1) is 46.4 Å². The van der Waals surface area contributed by atoms with Gasteiger partial charge in [-0.3, -0.25) is 9.78 Å². The average molecular weight is 693 g/mol. The number of aryl methyl sites for hydroxylation is 2. The van der Waals surface area contributed by atoms with Gasteiger partial charge in [0.2, 0.25) is 0 Å². The number of hydrogen-bond acceptors (Lipinski definition) is 9. The van der Waals surface area contributed by atoms with Gasteiger partial charge in [-0.25, -0.2) is 23.7 Å². The summed E-state index contributed by atoms with van der Waals surface area (Å²) in [7, 11) is 1.48. The molecule has 6 aromatic rings. The van der Waals surface area contributed by atoms with Crippen molar-refractivity contribution in [1.82, 2.24) is 25.1 Å². The van der Waals surface area contributed by atoms with Crippen molar-refractivity contribution in [3.05, 3.63) is 111 Å². The van der Waals surface area contributed by atoms with Crippen molar-refractivity contribution in [2.45, 2.75) is 50.6 Å². The molecule has 1 fully saturated rings. The zero-order valence-electron chi connectivity index (χ0n) is 26.9. The van der Waals surface area contributed by atoms with Crippen LogP contribution in [0.1, 0.15) is 69.8 Å². The number of carbonyl (C=O) groups excluding carboxylic acids is 1.